The SMILES string of the molecule is c1ccc(-c2ccc3oc4c5ccccc5c(C(c5ccccc5)c5ccc6c(c5)C5(c7ccccc7-c7ccccc75)c5ccccc5-6)cc4c3c2)cc1. The molecule has 0 saturated carbocycles. The van der Waals surface area contributed by atoms with Gasteiger partial charge in [-0.3, -0.25) is 0 Å². The van der Waals surface area contributed by atoms with Crippen molar-refractivity contribution in [2.45, 2.75) is 11.3 Å². The Hall–Kier alpha value is -6.96. The lowest BCUT2D eigenvalue weighted by molar-refractivity contribution is 0.672. The first-order valence-electron chi connectivity index (χ1n) is 19.2. The van der Waals surface area contributed by atoms with Crippen molar-refractivity contribution in [1.29, 1.82) is 0 Å². The Bertz CT molecular complexity index is 3090. The molecule has 1 atom stereocenters. The van der Waals surface area contributed by atoms with Crippen LogP contribution in [0.1, 0.15) is 44.9 Å². The molecule has 1 spiro atoms. The second-order valence-electron chi connectivity index (χ2n) is 15.1. The van der Waals surface area contributed by atoms with E-state index in [-0.39, 0.29) is 5.92 Å². The van der Waals surface area contributed by atoms with Gasteiger partial charge >= 0.3 is 0 Å². The van der Waals surface area contributed by atoms with Gasteiger partial charge in [-0.25, -0.2) is 0 Å². The van der Waals surface area contributed by atoms with Gasteiger partial charge in [0.1, 0.15) is 11.2 Å². The second-order valence-corrected chi connectivity index (χ2v) is 15.1. The lowest BCUT2D eigenvalue weighted by Gasteiger charge is -2.31. The van der Waals surface area contributed by atoms with E-state index in [9.17, 15) is 0 Å². The van der Waals surface area contributed by atoms with E-state index in [0.29, 0.717) is 0 Å². The van der Waals surface area contributed by atoms with E-state index >= 15 is 0 Å². The molecule has 1 heteroatoms. The maximum Gasteiger partial charge on any atom is 0.143 e. The highest BCUT2D eigenvalue weighted by Gasteiger charge is 2.51. The Morgan fingerprint density at radius 3 is 1.58 bits per heavy atom. The molecule has 0 aliphatic heterocycles. The molecule has 1 aromatic heterocycles. The van der Waals surface area contributed by atoms with Gasteiger partial charge in [-0.15, -0.1) is 0 Å². The molecule has 1 unspecified atom stereocenters. The molecule has 256 valence electrons. The summed E-state index contributed by atoms with van der Waals surface area (Å²) in [5, 5.41) is 4.63. The van der Waals surface area contributed by atoms with E-state index < -0.39 is 5.41 Å². The van der Waals surface area contributed by atoms with Crippen LogP contribution in [0.5, 0.6) is 0 Å². The van der Waals surface area contributed by atoms with Crippen LogP contribution in [0.4, 0.5) is 0 Å². The minimum absolute atomic E-state index is 0.0318. The Morgan fingerprint density at radius 1 is 0.345 bits per heavy atom. The third-order valence-electron chi connectivity index (χ3n) is 12.4. The maximum atomic E-state index is 6.73. The minimum atomic E-state index is -0.406. The number of furan rings is 1. The van der Waals surface area contributed by atoms with E-state index in [1.54, 1.807) is 0 Å². The van der Waals surface area contributed by atoms with Crippen LogP contribution < -0.4 is 0 Å². The van der Waals surface area contributed by atoms with Gasteiger partial charge in [0.2, 0.25) is 0 Å². The van der Waals surface area contributed by atoms with Crippen molar-refractivity contribution in [3.8, 4) is 33.4 Å². The van der Waals surface area contributed by atoms with Crippen LogP contribution in [0.15, 0.2) is 205 Å². The van der Waals surface area contributed by atoms with Crippen molar-refractivity contribution >= 4 is 32.7 Å². The third-order valence-corrected chi connectivity index (χ3v) is 12.4. The predicted octanol–water partition coefficient (Wildman–Crippen LogP) is 13.9. The van der Waals surface area contributed by atoms with Gasteiger partial charge in [0.15, 0.2) is 0 Å². The highest BCUT2D eigenvalue weighted by atomic mass is 16.3. The lowest BCUT2D eigenvalue weighted by atomic mass is 9.69. The van der Waals surface area contributed by atoms with Crippen LogP contribution in [-0.2, 0) is 5.41 Å². The average molecular weight is 699 g/mol. The molecule has 0 bridgehead atoms. The fourth-order valence-electron chi connectivity index (χ4n) is 10.2. The Kier molecular flexibility index (Phi) is 6.39. The van der Waals surface area contributed by atoms with Gasteiger partial charge in [0.25, 0.3) is 0 Å². The molecule has 12 rings (SSSR count). The first-order chi connectivity index (χ1) is 27.3. The lowest BCUT2D eigenvalue weighted by Crippen LogP contribution is -2.26. The first-order valence-corrected chi connectivity index (χ1v) is 19.2. The van der Waals surface area contributed by atoms with Gasteiger partial charge < -0.3 is 4.42 Å². The summed E-state index contributed by atoms with van der Waals surface area (Å²) in [6.07, 6.45) is 0. The fraction of sp³-hybridized carbons (Fsp3) is 0.0370. The van der Waals surface area contributed by atoms with Crippen LogP contribution in [-0.4, -0.2) is 0 Å². The summed E-state index contributed by atoms with van der Waals surface area (Å²) in [4.78, 5) is 0. The van der Waals surface area contributed by atoms with E-state index in [1.807, 2.05) is 0 Å². The Morgan fingerprint density at radius 2 is 0.909 bits per heavy atom. The molecule has 10 aromatic rings. The number of hydrogen-bond acceptors (Lipinski definition) is 1. The van der Waals surface area contributed by atoms with E-state index in [4.69, 9.17) is 4.42 Å². The van der Waals surface area contributed by atoms with E-state index in [2.05, 4.69) is 200 Å². The van der Waals surface area contributed by atoms with Crippen LogP contribution in [0.25, 0.3) is 66.1 Å². The smallest absolute Gasteiger partial charge is 0.143 e. The van der Waals surface area contributed by atoms with Crippen molar-refractivity contribution in [2.24, 2.45) is 0 Å². The van der Waals surface area contributed by atoms with Crippen molar-refractivity contribution in [3.63, 3.8) is 0 Å². The van der Waals surface area contributed by atoms with Crippen LogP contribution in [0.2, 0.25) is 0 Å². The molecular weight excluding hydrogens is 665 g/mol. The molecule has 0 N–H and O–H groups in total. The summed E-state index contributed by atoms with van der Waals surface area (Å²) < 4.78 is 6.73. The van der Waals surface area contributed by atoms with Gasteiger partial charge in [0.05, 0.1) is 5.41 Å². The quantitative estimate of drug-likeness (QED) is 0.167. The van der Waals surface area contributed by atoms with Gasteiger partial charge in [0, 0.05) is 22.1 Å². The monoisotopic (exact) mass is 698 g/mol. The third kappa shape index (κ3) is 4.18. The molecule has 0 amide bonds. The van der Waals surface area contributed by atoms with Crippen molar-refractivity contribution in [2.75, 3.05) is 0 Å². The van der Waals surface area contributed by atoms with Crippen molar-refractivity contribution in [3.05, 3.63) is 239 Å². The molecule has 0 saturated heterocycles. The standard InChI is InChI=1S/C54H34O/c1-3-15-34(16-4-1)36-28-30-51-44(31-36)46-33-45(38-19-7-8-23-43(38)53(46)55-51)52(35-17-5-2-6-18-35)37-27-29-42-41-22-11-14-26-49(41)54(50(42)32-37)47-24-12-9-20-39(47)40-21-10-13-25-48(40)54/h1-33,52H. The van der Waals surface area contributed by atoms with E-state index in [0.717, 1.165) is 27.3 Å². The van der Waals surface area contributed by atoms with E-state index in [1.165, 1.54) is 77.7 Å². The van der Waals surface area contributed by atoms with Crippen molar-refractivity contribution < 1.29 is 4.42 Å². The number of hydrogen-bond donors (Lipinski definition) is 0. The molecule has 1 nitrogen and oxygen atoms in total. The van der Waals surface area contributed by atoms with Crippen LogP contribution in [0, 0.1) is 0 Å². The zero-order chi connectivity index (χ0) is 36.1. The Labute approximate surface area is 319 Å². The zero-order valence-corrected chi connectivity index (χ0v) is 30.0. The highest BCUT2D eigenvalue weighted by Crippen LogP contribution is 2.63. The summed E-state index contributed by atoms with van der Waals surface area (Å²) >= 11 is 0. The van der Waals surface area contributed by atoms with Crippen LogP contribution >= 0.6 is 0 Å². The largest absolute Gasteiger partial charge is 0.455 e. The number of fused-ring (bicyclic) bond motifs is 15. The zero-order valence-electron chi connectivity index (χ0n) is 30.0. The summed E-state index contributed by atoms with van der Waals surface area (Å²) in [5.74, 6) is -0.0318. The number of rotatable bonds is 4. The van der Waals surface area contributed by atoms with Gasteiger partial charge in [-0.1, -0.05) is 182 Å². The number of benzene rings is 9. The second kappa shape index (κ2) is 11.5. The topological polar surface area (TPSA) is 13.1 Å². The average Bonchev–Trinajstić information content (AvgIpc) is 3.88. The fourth-order valence-corrected chi connectivity index (χ4v) is 10.2. The summed E-state index contributed by atoms with van der Waals surface area (Å²) in [6.45, 7) is 0. The molecule has 0 radical (unpaired) electrons. The first kappa shape index (κ1) is 30.5. The molecule has 2 aliphatic rings. The summed E-state index contributed by atoms with van der Waals surface area (Å²) in [5.41, 5.74) is 18.4. The summed E-state index contributed by atoms with van der Waals surface area (Å²) in [6, 6.07) is 74.1. The predicted molar refractivity (Wildman–Crippen MR) is 227 cm³/mol. The van der Waals surface area contributed by atoms with Gasteiger partial charge in [-0.05, 0) is 95.9 Å². The summed E-state index contributed by atoms with van der Waals surface area (Å²) in [7, 11) is 0. The molecule has 0 fully saturated rings. The maximum absolute atomic E-state index is 6.73. The van der Waals surface area contributed by atoms with Gasteiger partial charge in [-0.2, -0.15) is 0 Å². The highest BCUT2D eigenvalue weighted by molar-refractivity contribution is 6.17. The van der Waals surface area contributed by atoms with Crippen molar-refractivity contribution in [1.82, 2.24) is 0 Å². The molecule has 55 heavy (non-hydrogen) atoms. The van der Waals surface area contributed by atoms with Crippen LogP contribution in [0.3, 0.4) is 0 Å². The normalized spacial score (nSPS) is 13.9. The Balaban J connectivity index is 1.15. The molecular formula is C54H34O. The molecule has 1 heterocycles. The molecule has 2 aliphatic carbocycles. The molecule has 9 aromatic carbocycles. The minimum Gasteiger partial charge on any atom is -0.455 e.